The molecule has 0 aromatic carbocycles. The number of hydrogen-bond acceptors (Lipinski definition) is 4. The van der Waals surface area contributed by atoms with Crippen LogP contribution in [0.25, 0.3) is 0 Å². The van der Waals surface area contributed by atoms with Gasteiger partial charge in [0.15, 0.2) is 0 Å². The van der Waals surface area contributed by atoms with E-state index in [0.717, 1.165) is 0 Å². The molecule has 1 rings (SSSR count). The van der Waals surface area contributed by atoms with Crippen LogP contribution in [0.15, 0.2) is 0 Å². The average molecular weight is 200 g/mol. The van der Waals surface area contributed by atoms with E-state index in [0.29, 0.717) is 13.0 Å². The molecule has 5 heteroatoms. The molecule has 1 aliphatic rings. The molecule has 1 aliphatic heterocycles. The van der Waals surface area contributed by atoms with E-state index in [4.69, 9.17) is 4.74 Å². The number of hydrogen-bond donors (Lipinski definition) is 1. The molecule has 1 fully saturated rings. The van der Waals surface area contributed by atoms with Crippen LogP contribution < -0.4 is 5.43 Å². The van der Waals surface area contributed by atoms with E-state index >= 15 is 0 Å². The Kier molecular flexibility index (Phi) is 3.10. The third kappa shape index (κ3) is 3.74. The third-order valence-electron chi connectivity index (χ3n) is 1.68. The van der Waals surface area contributed by atoms with Gasteiger partial charge < -0.3 is 4.74 Å². The Morgan fingerprint density at radius 2 is 2.14 bits per heavy atom. The molecule has 5 nitrogen and oxygen atoms in total. The van der Waals surface area contributed by atoms with Crippen molar-refractivity contribution < 1.29 is 14.3 Å². The Morgan fingerprint density at radius 1 is 1.50 bits per heavy atom. The number of carbonyl (C=O) groups is 2. The van der Waals surface area contributed by atoms with E-state index in [-0.39, 0.29) is 12.3 Å². The number of ketones is 1. The van der Waals surface area contributed by atoms with Gasteiger partial charge in [-0.15, -0.1) is 0 Å². The van der Waals surface area contributed by atoms with Gasteiger partial charge in [-0.05, 0) is 20.8 Å². The Morgan fingerprint density at radius 3 is 2.57 bits per heavy atom. The van der Waals surface area contributed by atoms with E-state index < -0.39 is 11.7 Å². The quantitative estimate of drug-likeness (QED) is 0.677. The summed E-state index contributed by atoms with van der Waals surface area (Å²) in [6, 6.07) is 0. The normalized spacial score (nSPS) is 18.4. The van der Waals surface area contributed by atoms with Crippen molar-refractivity contribution in [3.63, 3.8) is 0 Å². The van der Waals surface area contributed by atoms with Crippen LogP contribution in [0.1, 0.15) is 27.2 Å². The first-order valence-electron chi connectivity index (χ1n) is 4.63. The number of carbonyl (C=O) groups excluding carboxylic acids is 2. The highest BCUT2D eigenvalue weighted by Gasteiger charge is 2.23. The van der Waals surface area contributed by atoms with Crippen LogP contribution in [-0.2, 0) is 9.53 Å². The molecule has 1 saturated heterocycles. The molecule has 1 N–H and O–H groups in total. The lowest BCUT2D eigenvalue weighted by molar-refractivity contribution is -0.117. The van der Waals surface area contributed by atoms with E-state index in [2.05, 4.69) is 5.43 Å². The fourth-order valence-electron chi connectivity index (χ4n) is 1.16. The summed E-state index contributed by atoms with van der Waals surface area (Å²) in [7, 11) is 0. The predicted octanol–water partition coefficient (Wildman–Crippen LogP) is 0.701. The smallest absolute Gasteiger partial charge is 0.422 e. The molecule has 0 radical (unpaired) electrons. The lowest BCUT2D eigenvalue weighted by Gasteiger charge is -2.22. The molecule has 1 amide bonds. The van der Waals surface area contributed by atoms with Gasteiger partial charge in [-0.1, -0.05) is 0 Å². The summed E-state index contributed by atoms with van der Waals surface area (Å²) in [5, 5.41) is 1.57. The summed E-state index contributed by atoms with van der Waals surface area (Å²) >= 11 is 0. The summed E-state index contributed by atoms with van der Waals surface area (Å²) in [6.45, 7) is 6.22. The minimum Gasteiger partial charge on any atom is -0.443 e. The molecule has 0 bridgehead atoms. The number of amides is 1. The van der Waals surface area contributed by atoms with E-state index in [1.807, 2.05) is 0 Å². The van der Waals surface area contributed by atoms with Gasteiger partial charge in [0.2, 0.25) is 0 Å². The first kappa shape index (κ1) is 11.0. The molecular weight excluding hydrogens is 184 g/mol. The van der Waals surface area contributed by atoms with Crippen LogP contribution in [0.3, 0.4) is 0 Å². The standard InChI is InChI=1S/C9H16N2O3/c1-9(2,3)14-8(13)10-11-5-4-7(12)6-11/h4-6H2,1-3H3,(H,10,13). The molecule has 0 saturated carbocycles. The molecular formula is C9H16N2O3. The number of Topliss-reactive ketones (excluding diaryl/α,β-unsaturated/α-hetero) is 1. The fourth-order valence-corrected chi connectivity index (χ4v) is 1.16. The van der Waals surface area contributed by atoms with Gasteiger partial charge in [0.1, 0.15) is 11.4 Å². The Hall–Kier alpha value is -1.10. The molecule has 0 atom stereocenters. The zero-order valence-electron chi connectivity index (χ0n) is 8.79. The van der Waals surface area contributed by atoms with Crippen molar-refractivity contribution in [3.05, 3.63) is 0 Å². The van der Waals surface area contributed by atoms with Gasteiger partial charge in [0.05, 0.1) is 6.54 Å². The van der Waals surface area contributed by atoms with Gasteiger partial charge in [-0.2, -0.15) is 0 Å². The Labute approximate surface area is 83.4 Å². The van der Waals surface area contributed by atoms with Gasteiger partial charge in [-0.25, -0.2) is 9.80 Å². The van der Waals surface area contributed by atoms with Crippen molar-refractivity contribution in [2.24, 2.45) is 0 Å². The Bertz CT molecular complexity index is 245. The predicted molar refractivity (Wildman–Crippen MR) is 50.6 cm³/mol. The van der Waals surface area contributed by atoms with Crippen LogP contribution in [0, 0.1) is 0 Å². The number of ether oxygens (including phenoxy) is 1. The maximum atomic E-state index is 11.2. The minimum absolute atomic E-state index is 0.140. The monoisotopic (exact) mass is 200 g/mol. The Balaban J connectivity index is 2.31. The molecule has 14 heavy (non-hydrogen) atoms. The zero-order chi connectivity index (χ0) is 10.8. The zero-order valence-corrected chi connectivity index (χ0v) is 8.79. The largest absolute Gasteiger partial charge is 0.443 e. The number of rotatable bonds is 1. The topological polar surface area (TPSA) is 58.6 Å². The van der Waals surface area contributed by atoms with Gasteiger partial charge in [0, 0.05) is 13.0 Å². The second-order valence-electron chi connectivity index (χ2n) is 4.32. The summed E-state index contributed by atoms with van der Waals surface area (Å²) in [4.78, 5) is 22.1. The van der Waals surface area contributed by atoms with Crippen molar-refractivity contribution in [3.8, 4) is 0 Å². The van der Waals surface area contributed by atoms with Crippen molar-refractivity contribution in [1.82, 2.24) is 10.4 Å². The van der Waals surface area contributed by atoms with Crippen LogP contribution >= 0.6 is 0 Å². The highest BCUT2D eigenvalue weighted by atomic mass is 16.6. The SMILES string of the molecule is CC(C)(C)OC(=O)NN1CCC(=O)C1. The summed E-state index contributed by atoms with van der Waals surface area (Å²) < 4.78 is 5.03. The fraction of sp³-hybridized carbons (Fsp3) is 0.778. The maximum Gasteiger partial charge on any atom is 0.422 e. The number of hydrazine groups is 1. The lowest BCUT2D eigenvalue weighted by Crippen LogP contribution is -2.43. The molecule has 0 aromatic rings. The van der Waals surface area contributed by atoms with Crippen molar-refractivity contribution in [2.45, 2.75) is 32.8 Å². The van der Waals surface area contributed by atoms with Crippen molar-refractivity contribution >= 4 is 11.9 Å². The van der Waals surface area contributed by atoms with E-state index in [1.165, 1.54) is 0 Å². The lowest BCUT2D eigenvalue weighted by atomic mass is 10.2. The second-order valence-corrected chi connectivity index (χ2v) is 4.32. The molecule has 1 heterocycles. The van der Waals surface area contributed by atoms with Crippen LogP contribution in [0.2, 0.25) is 0 Å². The van der Waals surface area contributed by atoms with Crippen LogP contribution in [0.5, 0.6) is 0 Å². The second kappa shape index (κ2) is 3.96. The molecule has 80 valence electrons. The third-order valence-corrected chi connectivity index (χ3v) is 1.68. The molecule has 0 spiro atoms. The molecule has 0 aromatic heterocycles. The minimum atomic E-state index is -0.507. The summed E-state index contributed by atoms with van der Waals surface area (Å²) in [5.74, 6) is 0.140. The van der Waals surface area contributed by atoms with Gasteiger partial charge in [-0.3, -0.25) is 10.2 Å². The summed E-state index contributed by atoms with van der Waals surface area (Å²) in [6.07, 6.45) is -0.0114. The van der Waals surface area contributed by atoms with Gasteiger partial charge >= 0.3 is 6.09 Å². The first-order chi connectivity index (χ1) is 6.37. The summed E-state index contributed by atoms with van der Waals surface area (Å²) in [5.41, 5.74) is 2.01. The van der Waals surface area contributed by atoms with Gasteiger partial charge in [0.25, 0.3) is 0 Å². The van der Waals surface area contributed by atoms with Crippen LogP contribution in [0.4, 0.5) is 4.79 Å². The van der Waals surface area contributed by atoms with Crippen molar-refractivity contribution in [2.75, 3.05) is 13.1 Å². The first-order valence-corrected chi connectivity index (χ1v) is 4.63. The van der Waals surface area contributed by atoms with E-state index in [1.54, 1.807) is 25.8 Å². The molecule has 0 aliphatic carbocycles. The van der Waals surface area contributed by atoms with Crippen molar-refractivity contribution in [1.29, 1.82) is 0 Å². The van der Waals surface area contributed by atoms with Crippen LogP contribution in [-0.4, -0.2) is 35.6 Å². The number of nitrogens with zero attached hydrogens (tertiary/aromatic N) is 1. The maximum absolute atomic E-state index is 11.2. The highest BCUT2D eigenvalue weighted by molar-refractivity contribution is 5.83. The average Bonchev–Trinajstić information content (AvgIpc) is 2.30. The number of nitrogens with one attached hydrogen (secondary N) is 1. The molecule has 0 unspecified atom stereocenters. The van der Waals surface area contributed by atoms with E-state index in [9.17, 15) is 9.59 Å². The highest BCUT2D eigenvalue weighted by Crippen LogP contribution is 2.07.